The van der Waals surface area contributed by atoms with E-state index < -0.39 is 5.79 Å². The molecule has 5 rings (SSSR count). The van der Waals surface area contributed by atoms with Gasteiger partial charge in [-0.2, -0.15) is 5.10 Å². The minimum Gasteiger partial charge on any atom is -0.466 e. The van der Waals surface area contributed by atoms with Gasteiger partial charge in [0, 0.05) is 35.5 Å². The van der Waals surface area contributed by atoms with E-state index in [0.29, 0.717) is 18.8 Å². The van der Waals surface area contributed by atoms with Gasteiger partial charge < -0.3 is 19.5 Å². The normalized spacial score (nSPS) is 18.5. The molecule has 0 radical (unpaired) electrons. The van der Waals surface area contributed by atoms with Gasteiger partial charge in [-0.3, -0.25) is 4.79 Å². The first-order chi connectivity index (χ1) is 21.7. The molecule has 45 heavy (non-hydrogen) atoms. The number of rotatable bonds is 11. The number of hydrogen-bond acceptors (Lipinski definition) is 7. The van der Waals surface area contributed by atoms with E-state index in [1.165, 1.54) is 12.1 Å². The van der Waals surface area contributed by atoms with Crippen LogP contribution in [0.4, 0.5) is 15.9 Å². The van der Waals surface area contributed by atoms with Gasteiger partial charge in [-0.15, -0.1) is 0 Å². The second kappa shape index (κ2) is 14.2. The number of carbonyl (C=O) groups excluding carboxylic acids is 1. The van der Waals surface area contributed by atoms with Crippen molar-refractivity contribution in [2.75, 3.05) is 11.9 Å². The highest BCUT2D eigenvalue weighted by atomic mass is 19.1. The second-order valence-corrected chi connectivity index (χ2v) is 11.7. The first-order valence-electron chi connectivity index (χ1n) is 15.5. The number of pyridine rings is 1. The summed E-state index contributed by atoms with van der Waals surface area (Å²) in [4.78, 5) is 16.8. The fraction of sp³-hybridized carbons (Fsp3) is 0.361. The molecule has 2 aromatic heterocycles. The number of aromatic nitrogens is 3. The van der Waals surface area contributed by atoms with Crippen LogP contribution in [0.15, 0.2) is 79.0 Å². The lowest BCUT2D eigenvalue weighted by Gasteiger charge is -2.39. The highest BCUT2D eigenvalue weighted by Gasteiger charge is 2.36. The summed E-state index contributed by atoms with van der Waals surface area (Å²) < 4.78 is 33.4. The molecule has 3 heterocycles. The topological polar surface area (TPSA) is 87.5 Å². The summed E-state index contributed by atoms with van der Waals surface area (Å²) in [7, 11) is 0. The average Bonchev–Trinajstić information content (AvgIpc) is 3.39. The largest absolute Gasteiger partial charge is 0.466 e. The van der Waals surface area contributed by atoms with E-state index in [4.69, 9.17) is 19.3 Å². The van der Waals surface area contributed by atoms with Crippen molar-refractivity contribution in [3.05, 3.63) is 96.1 Å². The van der Waals surface area contributed by atoms with Crippen molar-refractivity contribution in [2.45, 2.75) is 77.8 Å². The maximum atomic E-state index is 14.0. The summed E-state index contributed by atoms with van der Waals surface area (Å²) in [6.07, 6.45) is 6.68. The molecule has 1 aliphatic rings. The monoisotopic (exact) mass is 612 g/mol. The number of ether oxygens (including phenoxy) is 3. The molecule has 9 heteroatoms. The van der Waals surface area contributed by atoms with E-state index in [1.54, 1.807) is 25.3 Å². The molecule has 1 N–H and O–H groups in total. The molecule has 3 atom stereocenters. The molecule has 1 fully saturated rings. The standard InChI is InChI=1S/C36H41FN4O4/c1-6-24(3)35-31(18-17-29-22-30(23-33(42)43-7-2)45-36(4,5)44-29)34(25-13-15-26(37)16-14-25)40-41(35)28-19-20-38-32(21-28)39-27-11-9-8-10-12-27/h8-21,24,29-30H,6-7,22-23H2,1-5H3,(H,38,39)/b18-17+/t24?,29-,30-/m1/s1. The fourth-order valence-corrected chi connectivity index (χ4v) is 5.58. The molecule has 1 saturated heterocycles. The number of anilines is 2. The summed E-state index contributed by atoms with van der Waals surface area (Å²) >= 11 is 0. The summed E-state index contributed by atoms with van der Waals surface area (Å²) in [5, 5.41) is 8.49. The van der Waals surface area contributed by atoms with Crippen LogP contribution in [0.25, 0.3) is 23.0 Å². The zero-order chi connectivity index (χ0) is 32.0. The zero-order valence-electron chi connectivity index (χ0n) is 26.5. The molecule has 4 aromatic rings. The Kier molecular flexibility index (Phi) is 10.1. The van der Waals surface area contributed by atoms with Crippen molar-refractivity contribution in [1.29, 1.82) is 0 Å². The second-order valence-electron chi connectivity index (χ2n) is 11.7. The molecule has 0 saturated carbocycles. The lowest BCUT2D eigenvalue weighted by atomic mass is 9.95. The zero-order valence-corrected chi connectivity index (χ0v) is 26.5. The Hall–Kier alpha value is -4.34. The van der Waals surface area contributed by atoms with Crippen LogP contribution in [0.3, 0.4) is 0 Å². The number of nitrogens with one attached hydrogen (secondary N) is 1. The van der Waals surface area contributed by atoms with Crippen molar-refractivity contribution in [3.63, 3.8) is 0 Å². The Bertz CT molecular complexity index is 1620. The highest BCUT2D eigenvalue weighted by Crippen LogP contribution is 2.36. The van der Waals surface area contributed by atoms with E-state index in [-0.39, 0.29) is 36.3 Å². The van der Waals surface area contributed by atoms with Gasteiger partial charge in [-0.1, -0.05) is 44.2 Å². The van der Waals surface area contributed by atoms with Crippen LogP contribution in [0.5, 0.6) is 0 Å². The van der Waals surface area contributed by atoms with E-state index in [9.17, 15) is 9.18 Å². The Morgan fingerprint density at radius 1 is 1.13 bits per heavy atom. The van der Waals surface area contributed by atoms with Crippen LogP contribution in [0.1, 0.15) is 71.1 Å². The Morgan fingerprint density at radius 3 is 2.60 bits per heavy atom. The molecule has 1 aliphatic heterocycles. The Balaban J connectivity index is 1.56. The minimum absolute atomic E-state index is 0.133. The van der Waals surface area contributed by atoms with E-state index in [0.717, 1.165) is 40.3 Å². The van der Waals surface area contributed by atoms with E-state index in [2.05, 4.69) is 24.1 Å². The van der Waals surface area contributed by atoms with Crippen LogP contribution in [-0.2, 0) is 19.0 Å². The third kappa shape index (κ3) is 8.04. The van der Waals surface area contributed by atoms with Crippen molar-refractivity contribution in [3.8, 4) is 16.9 Å². The first kappa shape index (κ1) is 32.1. The predicted octanol–water partition coefficient (Wildman–Crippen LogP) is 8.21. The van der Waals surface area contributed by atoms with Crippen molar-refractivity contribution in [2.24, 2.45) is 0 Å². The smallest absolute Gasteiger partial charge is 0.308 e. The lowest BCUT2D eigenvalue weighted by molar-refractivity contribution is -0.290. The van der Waals surface area contributed by atoms with Gasteiger partial charge in [-0.05, 0) is 75.6 Å². The van der Waals surface area contributed by atoms with E-state index >= 15 is 0 Å². The molecule has 236 valence electrons. The Labute approximate surface area is 264 Å². The van der Waals surface area contributed by atoms with Crippen molar-refractivity contribution in [1.82, 2.24) is 14.8 Å². The van der Waals surface area contributed by atoms with Crippen LogP contribution < -0.4 is 5.32 Å². The summed E-state index contributed by atoms with van der Waals surface area (Å²) in [5.74, 6) is -0.662. The van der Waals surface area contributed by atoms with Gasteiger partial charge >= 0.3 is 5.97 Å². The van der Waals surface area contributed by atoms with Crippen LogP contribution >= 0.6 is 0 Å². The maximum absolute atomic E-state index is 14.0. The van der Waals surface area contributed by atoms with Crippen LogP contribution in [0.2, 0.25) is 0 Å². The molecule has 8 nitrogen and oxygen atoms in total. The average molecular weight is 613 g/mol. The SMILES string of the molecule is CCOC(=O)C[C@H]1C[C@@H](/C=C/c2c(-c3ccc(F)cc3)nn(-c3ccnc(Nc4ccccc4)c3)c2C(C)CC)OC(C)(C)O1. The Morgan fingerprint density at radius 2 is 1.89 bits per heavy atom. The van der Waals surface area contributed by atoms with Gasteiger partial charge in [0.25, 0.3) is 0 Å². The molecular weight excluding hydrogens is 571 g/mol. The highest BCUT2D eigenvalue weighted by molar-refractivity contribution is 5.75. The number of esters is 1. The number of benzene rings is 2. The van der Waals surface area contributed by atoms with Gasteiger partial charge in [0.05, 0.1) is 36.6 Å². The predicted molar refractivity (Wildman–Crippen MR) is 174 cm³/mol. The lowest BCUT2D eigenvalue weighted by Crippen LogP contribution is -2.44. The number of para-hydroxylation sites is 1. The summed E-state index contributed by atoms with van der Waals surface area (Å²) in [6.45, 7) is 10.1. The third-order valence-corrected chi connectivity index (χ3v) is 7.75. The van der Waals surface area contributed by atoms with E-state index in [1.807, 2.05) is 73.1 Å². The maximum Gasteiger partial charge on any atom is 0.308 e. The summed E-state index contributed by atoms with van der Waals surface area (Å²) in [5.41, 5.74) is 5.23. The molecule has 0 bridgehead atoms. The first-order valence-corrected chi connectivity index (χ1v) is 15.5. The number of halogens is 1. The molecular formula is C36H41FN4O4. The van der Waals surface area contributed by atoms with Crippen molar-refractivity contribution < 1.29 is 23.4 Å². The quantitative estimate of drug-likeness (QED) is 0.171. The number of hydrogen-bond donors (Lipinski definition) is 1. The molecule has 2 aromatic carbocycles. The van der Waals surface area contributed by atoms with Crippen LogP contribution in [0, 0.1) is 5.82 Å². The number of carbonyl (C=O) groups is 1. The van der Waals surface area contributed by atoms with Gasteiger partial charge in [0.1, 0.15) is 17.3 Å². The molecule has 1 unspecified atom stereocenters. The van der Waals surface area contributed by atoms with Gasteiger partial charge in [0.2, 0.25) is 0 Å². The summed E-state index contributed by atoms with van der Waals surface area (Å²) in [6, 6.07) is 20.2. The number of nitrogens with zero attached hydrogens (tertiary/aromatic N) is 3. The fourth-order valence-electron chi connectivity index (χ4n) is 5.58. The van der Waals surface area contributed by atoms with Crippen molar-refractivity contribution >= 4 is 23.6 Å². The van der Waals surface area contributed by atoms with Gasteiger partial charge in [0.15, 0.2) is 5.79 Å². The minimum atomic E-state index is -0.882. The third-order valence-electron chi connectivity index (χ3n) is 7.75. The molecule has 0 spiro atoms. The van der Waals surface area contributed by atoms with Crippen LogP contribution in [-0.4, -0.2) is 45.3 Å². The molecule has 0 aliphatic carbocycles. The molecule has 0 amide bonds. The van der Waals surface area contributed by atoms with Gasteiger partial charge in [-0.25, -0.2) is 14.1 Å².